The first kappa shape index (κ1) is 18.0. The van der Waals surface area contributed by atoms with Crippen LogP contribution in [0, 0.1) is 0 Å². The molecule has 3 aromatic rings. The van der Waals surface area contributed by atoms with E-state index in [9.17, 15) is 4.79 Å². The zero-order valence-corrected chi connectivity index (χ0v) is 16.8. The van der Waals surface area contributed by atoms with Crippen molar-refractivity contribution in [3.63, 3.8) is 0 Å². The summed E-state index contributed by atoms with van der Waals surface area (Å²) in [6.45, 7) is 4.09. The Labute approximate surface area is 172 Å². The summed E-state index contributed by atoms with van der Waals surface area (Å²) >= 11 is 0. The van der Waals surface area contributed by atoms with E-state index in [1.165, 1.54) is 28.8 Å². The van der Waals surface area contributed by atoms with Crippen LogP contribution in [0.1, 0.15) is 40.4 Å². The molecule has 1 atom stereocenters. The highest BCUT2D eigenvalue weighted by Crippen LogP contribution is 2.33. The maximum Gasteiger partial charge on any atom is 0.258 e. The SMILES string of the molecule is C[C@@H]1Cc2ccccc2N1C(=O)c1ccc(CN2CCCc3ccccc32)cc1. The minimum Gasteiger partial charge on any atom is -0.367 e. The summed E-state index contributed by atoms with van der Waals surface area (Å²) in [5, 5.41) is 0. The molecule has 0 fully saturated rings. The van der Waals surface area contributed by atoms with Gasteiger partial charge in [0.2, 0.25) is 0 Å². The van der Waals surface area contributed by atoms with Crippen molar-refractivity contribution < 1.29 is 4.79 Å². The number of hydrogen-bond donors (Lipinski definition) is 0. The number of nitrogens with zero attached hydrogens (tertiary/aromatic N) is 2. The van der Waals surface area contributed by atoms with Crippen molar-refractivity contribution in [2.75, 3.05) is 16.3 Å². The van der Waals surface area contributed by atoms with Crippen LogP contribution in [-0.4, -0.2) is 18.5 Å². The number of fused-ring (bicyclic) bond motifs is 2. The Kier molecular flexibility index (Phi) is 4.59. The molecule has 0 bridgehead atoms. The first-order chi connectivity index (χ1) is 14.2. The second-order valence-corrected chi connectivity index (χ2v) is 8.21. The molecule has 29 heavy (non-hydrogen) atoms. The minimum absolute atomic E-state index is 0.0947. The van der Waals surface area contributed by atoms with Gasteiger partial charge in [0.1, 0.15) is 0 Å². The van der Waals surface area contributed by atoms with Gasteiger partial charge in [-0.25, -0.2) is 0 Å². The molecular formula is C26H26N2O. The van der Waals surface area contributed by atoms with Gasteiger partial charge in [-0.1, -0.05) is 48.5 Å². The van der Waals surface area contributed by atoms with Gasteiger partial charge < -0.3 is 9.80 Å². The van der Waals surface area contributed by atoms with Crippen molar-refractivity contribution in [1.82, 2.24) is 0 Å². The molecule has 0 spiro atoms. The lowest BCUT2D eigenvalue weighted by Crippen LogP contribution is -2.35. The highest BCUT2D eigenvalue weighted by molar-refractivity contribution is 6.07. The molecule has 0 aromatic heterocycles. The molecule has 0 unspecified atom stereocenters. The van der Waals surface area contributed by atoms with Crippen molar-refractivity contribution >= 4 is 17.3 Å². The van der Waals surface area contributed by atoms with Gasteiger partial charge in [0.05, 0.1) is 0 Å². The highest BCUT2D eigenvalue weighted by atomic mass is 16.2. The summed E-state index contributed by atoms with van der Waals surface area (Å²) in [5.74, 6) is 0.0947. The predicted octanol–water partition coefficient (Wildman–Crippen LogP) is 5.23. The topological polar surface area (TPSA) is 23.6 Å². The largest absolute Gasteiger partial charge is 0.367 e. The zero-order valence-electron chi connectivity index (χ0n) is 16.8. The lowest BCUT2D eigenvalue weighted by molar-refractivity contribution is 0.0981. The number of hydrogen-bond acceptors (Lipinski definition) is 2. The van der Waals surface area contributed by atoms with Gasteiger partial charge >= 0.3 is 0 Å². The van der Waals surface area contributed by atoms with E-state index in [0.717, 1.165) is 37.2 Å². The van der Waals surface area contributed by atoms with Crippen LogP contribution in [0.25, 0.3) is 0 Å². The monoisotopic (exact) mass is 382 g/mol. The average Bonchev–Trinajstić information content (AvgIpc) is 3.10. The first-order valence-corrected chi connectivity index (χ1v) is 10.5. The third-order valence-electron chi connectivity index (χ3n) is 6.21. The fourth-order valence-corrected chi connectivity index (χ4v) is 4.76. The standard InChI is InChI=1S/C26H26N2O/c1-19-17-23-8-3-5-11-25(23)28(19)26(29)22-14-12-20(13-15-22)18-27-16-6-9-21-7-2-4-10-24(21)27/h2-5,7-8,10-15,19H,6,9,16-18H2,1H3/t19-/m1/s1. The highest BCUT2D eigenvalue weighted by Gasteiger charge is 2.31. The minimum atomic E-state index is 0.0947. The Morgan fingerprint density at radius 2 is 1.59 bits per heavy atom. The number of para-hydroxylation sites is 2. The van der Waals surface area contributed by atoms with Gasteiger partial charge in [0, 0.05) is 36.1 Å². The van der Waals surface area contributed by atoms with E-state index in [4.69, 9.17) is 0 Å². The van der Waals surface area contributed by atoms with Crippen molar-refractivity contribution in [1.29, 1.82) is 0 Å². The molecule has 0 saturated heterocycles. The number of carbonyl (C=O) groups excluding carboxylic acids is 1. The lowest BCUT2D eigenvalue weighted by Gasteiger charge is -2.31. The molecule has 146 valence electrons. The van der Waals surface area contributed by atoms with E-state index in [2.05, 4.69) is 60.4 Å². The van der Waals surface area contributed by atoms with Crippen LogP contribution in [0.4, 0.5) is 11.4 Å². The summed E-state index contributed by atoms with van der Waals surface area (Å²) < 4.78 is 0. The molecule has 2 heterocycles. The number of rotatable bonds is 3. The normalized spacial score (nSPS) is 17.8. The van der Waals surface area contributed by atoms with Crippen molar-refractivity contribution in [2.24, 2.45) is 0 Å². The third kappa shape index (κ3) is 3.31. The van der Waals surface area contributed by atoms with Gasteiger partial charge in [0.25, 0.3) is 5.91 Å². The molecule has 1 amide bonds. The lowest BCUT2D eigenvalue weighted by atomic mass is 10.0. The predicted molar refractivity (Wildman–Crippen MR) is 119 cm³/mol. The Balaban J connectivity index is 1.34. The molecule has 3 nitrogen and oxygen atoms in total. The van der Waals surface area contributed by atoms with Gasteiger partial charge in [-0.05, 0) is 67.1 Å². The van der Waals surface area contributed by atoms with Gasteiger partial charge in [0.15, 0.2) is 0 Å². The van der Waals surface area contributed by atoms with Gasteiger partial charge in [-0.15, -0.1) is 0 Å². The quantitative estimate of drug-likeness (QED) is 0.619. The van der Waals surface area contributed by atoms with Crippen LogP contribution in [-0.2, 0) is 19.4 Å². The third-order valence-corrected chi connectivity index (χ3v) is 6.21. The molecule has 3 aromatic carbocycles. The molecule has 0 radical (unpaired) electrons. The first-order valence-electron chi connectivity index (χ1n) is 10.5. The smallest absolute Gasteiger partial charge is 0.258 e. The van der Waals surface area contributed by atoms with Crippen molar-refractivity contribution in [3.05, 3.63) is 95.1 Å². The van der Waals surface area contributed by atoms with E-state index >= 15 is 0 Å². The van der Waals surface area contributed by atoms with E-state index in [1.807, 2.05) is 29.2 Å². The summed E-state index contributed by atoms with van der Waals surface area (Å²) in [6, 6.07) is 25.3. The van der Waals surface area contributed by atoms with E-state index < -0.39 is 0 Å². The van der Waals surface area contributed by atoms with Crippen LogP contribution in [0.5, 0.6) is 0 Å². The Hall–Kier alpha value is -3.07. The molecule has 5 rings (SSSR count). The van der Waals surface area contributed by atoms with Crippen LogP contribution >= 0.6 is 0 Å². The van der Waals surface area contributed by atoms with Gasteiger partial charge in [-0.2, -0.15) is 0 Å². The molecule has 0 aliphatic carbocycles. The molecule has 0 saturated carbocycles. The second-order valence-electron chi connectivity index (χ2n) is 8.21. The van der Waals surface area contributed by atoms with Crippen LogP contribution in [0.3, 0.4) is 0 Å². The van der Waals surface area contributed by atoms with E-state index in [0.29, 0.717) is 0 Å². The molecular weight excluding hydrogens is 356 g/mol. The molecule has 0 N–H and O–H groups in total. The summed E-state index contributed by atoms with van der Waals surface area (Å²) in [7, 11) is 0. The number of amides is 1. The number of benzene rings is 3. The Morgan fingerprint density at radius 3 is 2.38 bits per heavy atom. The van der Waals surface area contributed by atoms with E-state index in [-0.39, 0.29) is 11.9 Å². The number of aryl methyl sites for hydroxylation is 1. The van der Waals surface area contributed by atoms with Gasteiger partial charge in [-0.3, -0.25) is 4.79 Å². The van der Waals surface area contributed by atoms with Crippen LogP contribution in [0.2, 0.25) is 0 Å². The summed E-state index contributed by atoms with van der Waals surface area (Å²) in [5.41, 5.74) is 7.10. The Morgan fingerprint density at radius 1 is 0.897 bits per heavy atom. The van der Waals surface area contributed by atoms with Crippen LogP contribution in [0.15, 0.2) is 72.8 Å². The second kappa shape index (κ2) is 7.40. The number of carbonyl (C=O) groups is 1. The van der Waals surface area contributed by atoms with E-state index in [1.54, 1.807) is 0 Å². The fraction of sp³-hybridized carbons (Fsp3) is 0.269. The number of anilines is 2. The summed E-state index contributed by atoms with van der Waals surface area (Å²) in [4.78, 5) is 17.6. The van der Waals surface area contributed by atoms with Crippen LogP contribution < -0.4 is 9.80 Å². The maximum atomic E-state index is 13.2. The van der Waals surface area contributed by atoms with Crippen molar-refractivity contribution in [3.8, 4) is 0 Å². The molecule has 2 aliphatic heterocycles. The molecule has 2 aliphatic rings. The fourth-order valence-electron chi connectivity index (χ4n) is 4.76. The zero-order chi connectivity index (χ0) is 19.8. The summed E-state index contributed by atoms with van der Waals surface area (Å²) in [6.07, 6.45) is 3.28. The maximum absolute atomic E-state index is 13.2. The average molecular weight is 383 g/mol. The molecule has 3 heteroatoms. The van der Waals surface area contributed by atoms with Crippen molar-refractivity contribution in [2.45, 2.75) is 38.8 Å². The Bertz CT molecular complexity index is 1040.